The van der Waals surface area contributed by atoms with Crippen molar-refractivity contribution in [1.29, 1.82) is 0 Å². The van der Waals surface area contributed by atoms with E-state index in [1.807, 2.05) is 0 Å². The second-order valence-corrected chi connectivity index (χ2v) is 5.34. The number of ketones is 2. The van der Waals surface area contributed by atoms with E-state index in [0.29, 0.717) is 19.6 Å². The summed E-state index contributed by atoms with van der Waals surface area (Å²) in [6.07, 6.45) is 3.33. The Morgan fingerprint density at radius 2 is 1.95 bits per heavy atom. The van der Waals surface area contributed by atoms with Crippen LogP contribution in [0.1, 0.15) is 32.1 Å². The molecule has 1 aliphatic carbocycles. The van der Waals surface area contributed by atoms with Crippen LogP contribution in [0.5, 0.6) is 0 Å². The highest BCUT2D eigenvalue weighted by molar-refractivity contribution is 6.03. The SMILES string of the molecule is COC(=O)C(CC(=O)C1CCOC1)C(=O)C1CCC1. The van der Waals surface area contributed by atoms with Crippen molar-refractivity contribution in [3.05, 3.63) is 0 Å². The molecule has 2 aliphatic rings. The molecule has 1 saturated carbocycles. The Balaban J connectivity index is 1.98. The number of carbonyl (C=O) groups is 3. The van der Waals surface area contributed by atoms with Gasteiger partial charge in [-0.25, -0.2) is 0 Å². The van der Waals surface area contributed by atoms with Crippen LogP contribution in [0.2, 0.25) is 0 Å². The van der Waals surface area contributed by atoms with Gasteiger partial charge in [-0.1, -0.05) is 6.42 Å². The summed E-state index contributed by atoms with van der Waals surface area (Å²) in [4.78, 5) is 36.0. The number of hydrogen-bond donors (Lipinski definition) is 0. The highest BCUT2D eigenvalue weighted by atomic mass is 16.5. The zero-order chi connectivity index (χ0) is 13.8. The van der Waals surface area contributed by atoms with Crippen LogP contribution < -0.4 is 0 Å². The van der Waals surface area contributed by atoms with Gasteiger partial charge in [0.25, 0.3) is 0 Å². The van der Waals surface area contributed by atoms with Crippen LogP contribution in [0, 0.1) is 17.8 Å². The van der Waals surface area contributed by atoms with Crippen molar-refractivity contribution >= 4 is 17.5 Å². The average Bonchev–Trinajstić information content (AvgIpc) is 2.86. The van der Waals surface area contributed by atoms with Gasteiger partial charge in [0.2, 0.25) is 0 Å². The fourth-order valence-electron chi connectivity index (χ4n) is 2.58. The number of esters is 1. The third-order valence-corrected chi connectivity index (χ3v) is 4.13. The zero-order valence-electron chi connectivity index (χ0n) is 11.2. The normalized spacial score (nSPS) is 24.6. The lowest BCUT2D eigenvalue weighted by molar-refractivity contribution is -0.153. The monoisotopic (exact) mass is 268 g/mol. The number of rotatable bonds is 6. The van der Waals surface area contributed by atoms with Gasteiger partial charge in [-0.15, -0.1) is 0 Å². The summed E-state index contributed by atoms with van der Waals surface area (Å²) in [5, 5.41) is 0. The van der Waals surface area contributed by atoms with Gasteiger partial charge >= 0.3 is 5.97 Å². The van der Waals surface area contributed by atoms with Gasteiger partial charge in [-0.2, -0.15) is 0 Å². The first-order valence-electron chi connectivity index (χ1n) is 6.85. The molecule has 2 fully saturated rings. The summed E-state index contributed by atoms with van der Waals surface area (Å²) in [7, 11) is 1.26. The lowest BCUT2D eigenvalue weighted by Crippen LogP contribution is -2.36. The highest BCUT2D eigenvalue weighted by Crippen LogP contribution is 2.31. The number of Topliss-reactive ketones (excluding diaryl/α,β-unsaturated/α-hetero) is 2. The lowest BCUT2D eigenvalue weighted by atomic mass is 9.76. The molecule has 1 saturated heterocycles. The number of hydrogen-bond acceptors (Lipinski definition) is 5. The smallest absolute Gasteiger partial charge is 0.316 e. The molecule has 0 radical (unpaired) electrons. The molecule has 2 unspecified atom stereocenters. The molecule has 0 N–H and O–H groups in total. The van der Waals surface area contributed by atoms with E-state index >= 15 is 0 Å². The van der Waals surface area contributed by atoms with Crippen LogP contribution in [0.15, 0.2) is 0 Å². The zero-order valence-corrected chi connectivity index (χ0v) is 11.2. The summed E-state index contributed by atoms with van der Waals surface area (Å²) in [5.74, 6) is -1.89. The van der Waals surface area contributed by atoms with Crippen LogP contribution >= 0.6 is 0 Å². The van der Waals surface area contributed by atoms with E-state index in [4.69, 9.17) is 4.74 Å². The third kappa shape index (κ3) is 3.21. The Morgan fingerprint density at radius 1 is 1.21 bits per heavy atom. The molecule has 0 aromatic heterocycles. The van der Waals surface area contributed by atoms with Crippen molar-refractivity contribution in [1.82, 2.24) is 0 Å². The van der Waals surface area contributed by atoms with Gasteiger partial charge < -0.3 is 9.47 Å². The summed E-state index contributed by atoms with van der Waals surface area (Å²) in [6.45, 7) is 0.986. The lowest BCUT2D eigenvalue weighted by Gasteiger charge is -2.27. The molecule has 0 bridgehead atoms. The molecule has 2 rings (SSSR count). The quantitative estimate of drug-likeness (QED) is 0.533. The molecule has 5 nitrogen and oxygen atoms in total. The van der Waals surface area contributed by atoms with E-state index in [9.17, 15) is 14.4 Å². The first-order chi connectivity index (χ1) is 9.13. The first-order valence-corrected chi connectivity index (χ1v) is 6.85. The van der Waals surface area contributed by atoms with Gasteiger partial charge in [0.15, 0.2) is 5.78 Å². The molecule has 0 aromatic carbocycles. The van der Waals surface area contributed by atoms with Crippen LogP contribution in [0.4, 0.5) is 0 Å². The fourth-order valence-corrected chi connectivity index (χ4v) is 2.58. The number of carbonyl (C=O) groups excluding carboxylic acids is 3. The Hall–Kier alpha value is -1.23. The third-order valence-electron chi connectivity index (χ3n) is 4.13. The molecule has 2 atom stereocenters. The van der Waals surface area contributed by atoms with Crippen molar-refractivity contribution in [2.45, 2.75) is 32.1 Å². The topological polar surface area (TPSA) is 69.7 Å². The Labute approximate surface area is 112 Å². The van der Waals surface area contributed by atoms with E-state index in [0.717, 1.165) is 19.3 Å². The van der Waals surface area contributed by atoms with Crippen LogP contribution in [0.25, 0.3) is 0 Å². The minimum Gasteiger partial charge on any atom is -0.468 e. The van der Waals surface area contributed by atoms with Crippen molar-refractivity contribution in [2.75, 3.05) is 20.3 Å². The Morgan fingerprint density at radius 3 is 2.42 bits per heavy atom. The second kappa shape index (κ2) is 6.28. The van der Waals surface area contributed by atoms with Gasteiger partial charge in [0, 0.05) is 24.9 Å². The van der Waals surface area contributed by atoms with Crippen molar-refractivity contribution in [3.63, 3.8) is 0 Å². The van der Waals surface area contributed by atoms with Gasteiger partial charge in [0.1, 0.15) is 11.7 Å². The standard InChI is InChI=1S/C14H20O5/c1-18-14(17)11(13(16)9-3-2-4-9)7-12(15)10-5-6-19-8-10/h9-11H,2-8H2,1H3. The van der Waals surface area contributed by atoms with Gasteiger partial charge in [0.05, 0.1) is 13.7 Å². The van der Waals surface area contributed by atoms with Crippen molar-refractivity contribution < 1.29 is 23.9 Å². The molecule has 19 heavy (non-hydrogen) atoms. The summed E-state index contributed by atoms with van der Waals surface area (Å²) in [6, 6.07) is 0. The van der Waals surface area contributed by atoms with E-state index in [1.54, 1.807) is 0 Å². The maximum atomic E-state index is 12.2. The minimum atomic E-state index is -0.914. The molecule has 5 heteroatoms. The predicted octanol–water partition coefficient (Wildman–Crippen LogP) is 1.14. The van der Waals surface area contributed by atoms with Gasteiger partial charge in [-0.3, -0.25) is 14.4 Å². The summed E-state index contributed by atoms with van der Waals surface area (Å²) < 4.78 is 9.84. The van der Waals surface area contributed by atoms with E-state index in [1.165, 1.54) is 7.11 Å². The number of methoxy groups -OCH3 is 1. The average molecular weight is 268 g/mol. The molecular weight excluding hydrogens is 248 g/mol. The first kappa shape index (κ1) is 14.2. The molecule has 0 amide bonds. The molecule has 1 aliphatic heterocycles. The fraction of sp³-hybridized carbons (Fsp3) is 0.786. The Bertz CT molecular complexity index is 366. The van der Waals surface area contributed by atoms with E-state index < -0.39 is 11.9 Å². The predicted molar refractivity (Wildman–Crippen MR) is 66.4 cm³/mol. The molecule has 106 valence electrons. The Kier molecular flexibility index (Phi) is 4.69. The maximum absolute atomic E-state index is 12.2. The summed E-state index contributed by atoms with van der Waals surface area (Å²) in [5.41, 5.74) is 0. The van der Waals surface area contributed by atoms with Crippen LogP contribution in [-0.2, 0) is 23.9 Å². The largest absolute Gasteiger partial charge is 0.468 e. The molecular formula is C14H20O5. The van der Waals surface area contributed by atoms with Crippen molar-refractivity contribution in [2.24, 2.45) is 17.8 Å². The van der Waals surface area contributed by atoms with Gasteiger partial charge in [-0.05, 0) is 19.3 Å². The maximum Gasteiger partial charge on any atom is 0.316 e. The van der Waals surface area contributed by atoms with E-state index in [2.05, 4.69) is 4.74 Å². The second-order valence-electron chi connectivity index (χ2n) is 5.34. The molecule has 0 spiro atoms. The van der Waals surface area contributed by atoms with Crippen LogP contribution in [0.3, 0.4) is 0 Å². The van der Waals surface area contributed by atoms with Crippen molar-refractivity contribution in [3.8, 4) is 0 Å². The minimum absolute atomic E-state index is 0.0317. The highest BCUT2D eigenvalue weighted by Gasteiger charge is 2.38. The molecule has 0 aromatic rings. The summed E-state index contributed by atoms with van der Waals surface area (Å²) >= 11 is 0. The van der Waals surface area contributed by atoms with E-state index in [-0.39, 0.29) is 29.8 Å². The molecule has 1 heterocycles. The van der Waals surface area contributed by atoms with Crippen LogP contribution in [-0.4, -0.2) is 37.9 Å². The number of ether oxygens (including phenoxy) is 2.